The molecule has 0 aliphatic heterocycles. The quantitative estimate of drug-likeness (QED) is 0.726. The Kier molecular flexibility index (Phi) is 2.97. The van der Waals surface area contributed by atoms with Crippen LogP contribution in [0, 0.1) is 0 Å². The summed E-state index contributed by atoms with van der Waals surface area (Å²) < 4.78 is 2.43. The minimum atomic E-state index is -0.780. The van der Waals surface area contributed by atoms with Gasteiger partial charge in [0, 0.05) is 25.1 Å². The Balaban J connectivity index is 2.18. The molecule has 0 amide bonds. The number of hydrogen-bond donors (Lipinski definition) is 1. The molecule has 0 spiro atoms. The molecule has 1 heterocycles. The number of carboxylic acid groups (broad SMARTS) is 1. The topological polar surface area (TPSA) is 37.3 Å². The molecule has 0 radical (unpaired) electrons. The molecule has 18 heavy (non-hydrogen) atoms. The van der Waals surface area contributed by atoms with E-state index in [4.69, 9.17) is 5.11 Å². The first-order chi connectivity index (χ1) is 8.75. The van der Waals surface area contributed by atoms with Crippen molar-refractivity contribution in [1.82, 2.24) is 0 Å². The van der Waals surface area contributed by atoms with E-state index in [2.05, 4.69) is 18.2 Å². The third-order valence-corrected chi connectivity index (χ3v) is 5.11. The average molecular weight is 274 g/mol. The van der Waals surface area contributed by atoms with Gasteiger partial charge in [0.1, 0.15) is 0 Å². The Bertz CT molecular complexity index is 731. The lowest BCUT2D eigenvalue weighted by atomic mass is 10.1. The van der Waals surface area contributed by atoms with Crippen LogP contribution in [0.3, 0.4) is 0 Å². The van der Waals surface area contributed by atoms with Gasteiger partial charge in [-0.2, -0.15) is 0 Å². The maximum atomic E-state index is 10.7. The first-order valence-corrected chi connectivity index (χ1v) is 7.31. The molecule has 0 saturated carbocycles. The molecule has 0 aliphatic rings. The van der Waals surface area contributed by atoms with Crippen molar-refractivity contribution in [2.24, 2.45) is 0 Å². The number of hydrogen-bond acceptors (Lipinski definition) is 3. The smallest absolute Gasteiger partial charge is 0.313 e. The van der Waals surface area contributed by atoms with Gasteiger partial charge in [0.05, 0.1) is 5.75 Å². The fraction of sp³-hybridized carbons (Fsp3) is 0.0714. The Labute approximate surface area is 112 Å². The Morgan fingerprint density at radius 2 is 1.89 bits per heavy atom. The van der Waals surface area contributed by atoms with E-state index in [0.29, 0.717) is 0 Å². The fourth-order valence-electron chi connectivity index (χ4n) is 1.97. The molecule has 0 atom stereocenters. The monoisotopic (exact) mass is 274 g/mol. The number of benzene rings is 2. The summed E-state index contributed by atoms with van der Waals surface area (Å²) in [6.45, 7) is 0. The molecular formula is C14H10O2S2. The number of carboxylic acids is 1. The molecule has 2 aromatic carbocycles. The zero-order valence-electron chi connectivity index (χ0n) is 9.42. The van der Waals surface area contributed by atoms with Crippen molar-refractivity contribution in [1.29, 1.82) is 0 Å². The molecule has 4 heteroatoms. The highest BCUT2D eigenvalue weighted by Crippen LogP contribution is 2.39. The molecule has 3 rings (SSSR count). The highest BCUT2D eigenvalue weighted by atomic mass is 32.2. The lowest BCUT2D eigenvalue weighted by Gasteiger charge is -2.00. The van der Waals surface area contributed by atoms with Gasteiger partial charge in [-0.15, -0.1) is 23.1 Å². The van der Waals surface area contributed by atoms with E-state index in [9.17, 15) is 4.79 Å². The van der Waals surface area contributed by atoms with Gasteiger partial charge in [-0.05, 0) is 12.1 Å². The van der Waals surface area contributed by atoms with Crippen LogP contribution in [0.2, 0.25) is 0 Å². The van der Waals surface area contributed by atoms with Crippen molar-refractivity contribution in [3.8, 4) is 0 Å². The van der Waals surface area contributed by atoms with E-state index in [1.54, 1.807) is 11.3 Å². The first-order valence-electron chi connectivity index (χ1n) is 5.50. The van der Waals surface area contributed by atoms with Crippen LogP contribution < -0.4 is 0 Å². The summed E-state index contributed by atoms with van der Waals surface area (Å²) >= 11 is 3.11. The van der Waals surface area contributed by atoms with Gasteiger partial charge < -0.3 is 5.11 Å². The summed E-state index contributed by atoms with van der Waals surface area (Å²) in [5.74, 6) is -0.675. The van der Waals surface area contributed by atoms with Crippen molar-refractivity contribution in [3.63, 3.8) is 0 Å². The number of carbonyl (C=O) groups is 1. The van der Waals surface area contributed by atoms with E-state index in [1.807, 2.05) is 24.3 Å². The third kappa shape index (κ3) is 1.98. The molecule has 0 aliphatic carbocycles. The van der Waals surface area contributed by atoms with E-state index in [1.165, 1.54) is 31.9 Å². The summed E-state index contributed by atoms with van der Waals surface area (Å²) in [5, 5.41) is 11.2. The maximum Gasteiger partial charge on any atom is 0.313 e. The predicted octanol–water partition coefficient (Wildman–Crippen LogP) is 4.23. The summed E-state index contributed by atoms with van der Waals surface area (Å²) in [6, 6.07) is 14.4. The predicted molar refractivity (Wildman–Crippen MR) is 77.7 cm³/mol. The molecule has 0 unspecified atom stereocenters. The van der Waals surface area contributed by atoms with Gasteiger partial charge in [0.2, 0.25) is 0 Å². The van der Waals surface area contributed by atoms with Gasteiger partial charge in [0.25, 0.3) is 0 Å². The van der Waals surface area contributed by atoms with Crippen molar-refractivity contribution in [3.05, 3.63) is 42.5 Å². The van der Waals surface area contributed by atoms with Crippen molar-refractivity contribution < 1.29 is 9.90 Å². The molecule has 0 fully saturated rings. The van der Waals surface area contributed by atoms with Crippen LogP contribution in [0.15, 0.2) is 47.4 Å². The Hall–Kier alpha value is -1.52. The fourth-order valence-corrected chi connectivity index (χ4v) is 4.08. The molecule has 1 aromatic heterocycles. The highest BCUT2D eigenvalue weighted by Gasteiger charge is 2.09. The SMILES string of the molecule is O=C(O)CSc1cccc2c1sc1ccccc12. The summed E-state index contributed by atoms with van der Waals surface area (Å²) in [5.41, 5.74) is 0. The highest BCUT2D eigenvalue weighted by molar-refractivity contribution is 8.00. The average Bonchev–Trinajstić information content (AvgIpc) is 2.75. The standard InChI is InChI=1S/C14H10O2S2/c15-13(16)8-17-12-7-3-5-10-9-4-1-2-6-11(9)18-14(10)12/h1-7H,8H2,(H,15,16). The van der Waals surface area contributed by atoms with Gasteiger partial charge >= 0.3 is 5.97 Å². The van der Waals surface area contributed by atoms with Crippen LogP contribution >= 0.6 is 23.1 Å². The minimum Gasteiger partial charge on any atom is -0.481 e. The van der Waals surface area contributed by atoms with Crippen LogP contribution in [0.4, 0.5) is 0 Å². The van der Waals surface area contributed by atoms with Gasteiger partial charge in [-0.3, -0.25) is 4.79 Å². The molecule has 3 aromatic rings. The number of aliphatic carboxylic acids is 1. The molecule has 1 N–H and O–H groups in total. The summed E-state index contributed by atoms with van der Waals surface area (Å²) in [4.78, 5) is 11.7. The Morgan fingerprint density at radius 3 is 2.72 bits per heavy atom. The normalized spacial score (nSPS) is 11.1. The second kappa shape index (κ2) is 4.63. The van der Waals surface area contributed by atoms with Gasteiger partial charge in [0.15, 0.2) is 0 Å². The van der Waals surface area contributed by atoms with Crippen LogP contribution in [0.1, 0.15) is 0 Å². The molecule has 90 valence electrons. The van der Waals surface area contributed by atoms with Gasteiger partial charge in [-0.1, -0.05) is 30.3 Å². The number of thioether (sulfide) groups is 1. The second-order valence-corrected chi connectivity index (χ2v) is 5.98. The number of rotatable bonds is 3. The zero-order chi connectivity index (χ0) is 12.5. The largest absolute Gasteiger partial charge is 0.481 e. The van der Waals surface area contributed by atoms with Crippen LogP contribution in [-0.2, 0) is 4.79 Å². The molecule has 2 nitrogen and oxygen atoms in total. The minimum absolute atomic E-state index is 0.105. The van der Waals surface area contributed by atoms with Crippen molar-refractivity contribution >= 4 is 49.2 Å². The van der Waals surface area contributed by atoms with Crippen molar-refractivity contribution in [2.75, 3.05) is 5.75 Å². The second-order valence-electron chi connectivity index (χ2n) is 3.91. The lowest BCUT2D eigenvalue weighted by molar-refractivity contribution is -0.133. The van der Waals surface area contributed by atoms with Crippen molar-refractivity contribution in [2.45, 2.75) is 4.90 Å². The first kappa shape index (κ1) is 11.6. The zero-order valence-corrected chi connectivity index (χ0v) is 11.1. The van der Waals surface area contributed by atoms with E-state index < -0.39 is 5.97 Å². The maximum absolute atomic E-state index is 10.7. The number of fused-ring (bicyclic) bond motifs is 3. The lowest BCUT2D eigenvalue weighted by Crippen LogP contribution is -1.97. The third-order valence-electron chi connectivity index (χ3n) is 2.72. The molecule has 0 saturated heterocycles. The van der Waals surface area contributed by atoms with Crippen LogP contribution in [0.25, 0.3) is 20.2 Å². The number of thiophene rings is 1. The summed E-state index contributed by atoms with van der Waals surface area (Å²) in [7, 11) is 0. The van der Waals surface area contributed by atoms with Crippen LogP contribution in [-0.4, -0.2) is 16.8 Å². The molecule has 0 bridgehead atoms. The molecular weight excluding hydrogens is 264 g/mol. The van der Waals surface area contributed by atoms with Crippen LogP contribution in [0.5, 0.6) is 0 Å². The summed E-state index contributed by atoms with van der Waals surface area (Å²) in [6.07, 6.45) is 0. The Morgan fingerprint density at radius 1 is 1.11 bits per heavy atom. The van der Waals surface area contributed by atoms with E-state index in [-0.39, 0.29) is 5.75 Å². The van der Waals surface area contributed by atoms with E-state index in [0.717, 1.165) is 4.90 Å². The van der Waals surface area contributed by atoms with E-state index >= 15 is 0 Å². The van der Waals surface area contributed by atoms with Gasteiger partial charge in [-0.25, -0.2) is 0 Å².